The number of nitrogens with two attached hydrogens (primary N) is 1. The van der Waals surface area contributed by atoms with Crippen LogP contribution in [0.2, 0.25) is 0 Å². The van der Waals surface area contributed by atoms with Gasteiger partial charge in [-0.25, -0.2) is 5.43 Å². The third-order valence-corrected chi connectivity index (χ3v) is 3.31. The fourth-order valence-corrected chi connectivity index (χ4v) is 2.20. The summed E-state index contributed by atoms with van der Waals surface area (Å²) in [7, 11) is 1.92. The van der Waals surface area contributed by atoms with E-state index in [1.165, 1.54) is 0 Å². The fourth-order valence-electron chi connectivity index (χ4n) is 2.20. The minimum absolute atomic E-state index is 0.0978. The van der Waals surface area contributed by atoms with Crippen molar-refractivity contribution in [2.24, 2.45) is 12.9 Å². The van der Waals surface area contributed by atoms with Gasteiger partial charge in [-0.1, -0.05) is 12.1 Å². The highest BCUT2D eigenvalue weighted by Crippen LogP contribution is 2.26. The third kappa shape index (κ3) is 3.00. The third-order valence-electron chi connectivity index (χ3n) is 3.31. The van der Waals surface area contributed by atoms with E-state index in [4.69, 9.17) is 10.6 Å². The van der Waals surface area contributed by atoms with Gasteiger partial charge in [0.05, 0.1) is 18.3 Å². The van der Waals surface area contributed by atoms with E-state index in [0.717, 1.165) is 22.6 Å². The summed E-state index contributed by atoms with van der Waals surface area (Å²) in [5, 5.41) is 4.27. The predicted molar refractivity (Wildman–Crippen MR) is 79.3 cm³/mol. The van der Waals surface area contributed by atoms with Crippen molar-refractivity contribution in [3.05, 3.63) is 47.3 Å². The number of aryl methyl sites for hydroxylation is 1. The van der Waals surface area contributed by atoms with Crippen LogP contribution in [0.1, 0.15) is 36.7 Å². The molecular weight excluding hydrogens is 252 g/mol. The number of hydrazine groups is 1. The van der Waals surface area contributed by atoms with E-state index in [9.17, 15) is 0 Å². The molecule has 5 heteroatoms. The second-order valence-electron chi connectivity index (χ2n) is 5.15. The Labute approximate surface area is 119 Å². The van der Waals surface area contributed by atoms with Gasteiger partial charge in [-0.15, -0.1) is 0 Å². The lowest BCUT2D eigenvalue weighted by atomic mass is 10.00. The molecule has 20 heavy (non-hydrogen) atoms. The second kappa shape index (κ2) is 6.07. The first kappa shape index (κ1) is 14.6. The maximum Gasteiger partial charge on any atom is 0.120 e. The van der Waals surface area contributed by atoms with Crippen molar-refractivity contribution in [2.45, 2.75) is 32.9 Å². The molecule has 3 N–H and O–H groups in total. The maximum atomic E-state index is 5.74. The lowest BCUT2D eigenvalue weighted by Crippen LogP contribution is -2.29. The molecule has 0 spiro atoms. The van der Waals surface area contributed by atoms with Crippen molar-refractivity contribution in [3.63, 3.8) is 0 Å². The average Bonchev–Trinajstić information content (AvgIpc) is 2.72. The van der Waals surface area contributed by atoms with Gasteiger partial charge in [-0.05, 0) is 38.5 Å². The van der Waals surface area contributed by atoms with Crippen molar-refractivity contribution in [1.82, 2.24) is 15.2 Å². The highest BCUT2D eigenvalue weighted by Gasteiger charge is 2.18. The van der Waals surface area contributed by atoms with Crippen LogP contribution in [0.3, 0.4) is 0 Å². The van der Waals surface area contributed by atoms with Gasteiger partial charge in [0.1, 0.15) is 5.75 Å². The molecule has 0 saturated heterocycles. The summed E-state index contributed by atoms with van der Waals surface area (Å²) in [5.74, 6) is 6.59. The number of hydrogen-bond acceptors (Lipinski definition) is 4. The van der Waals surface area contributed by atoms with Crippen molar-refractivity contribution >= 4 is 0 Å². The molecule has 0 radical (unpaired) electrons. The Hall–Kier alpha value is -1.85. The van der Waals surface area contributed by atoms with Gasteiger partial charge in [0.25, 0.3) is 0 Å². The Bertz CT molecular complexity index is 577. The van der Waals surface area contributed by atoms with Crippen LogP contribution in [0.5, 0.6) is 5.75 Å². The standard InChI is InChI=1S/C15H22N4O/c1-10(2)20-13-7-5-6-12(8-13)15(18-16)14-9-17-19(4)11(14)3/h5-10,15,18H,16H2,1-4H3. The second-order valence-corrected chi connectivity index (χ2v) is 5.15. The molecule has 1 aromatic heterocycles. The van der Waals surface area contributed by atoms with Gasteiger partial charge < -0.3 is 4.74 Å². The number of nitrogens with zero attached hydrogens (tertiary/aromatic N) is 2. The van der Waals surface area contributed by atoms with Gasteiger partial charge in [-0.2, -0.15) is 5.10 Å². The number of rotatable bonds is 5. The minimum Gasteiger partial charge on any atom is -0.491 e. The van der Waals surface area contributed by atoms with E-state index in [1.54, 1.807) is 0 Å². The van der Waals surface area contributed by atoms with Gasteiger partial charge >= 0.3 is 0 Å². The summed E-state index contributed by atoms with van der Waals surface area (Å²) in [6.45, 7) is 6.05. The summed E-state index contributed by atoms with van der Waals surface area (Å²) in [5.41, 5.74) is 6.07. The van der Waals surface area contributed by atoms with Gasteiger partial charge in [-0.3, -0.25) is 10.5 Å². The Morgan fingerprint density at radius 3 is 2.65 bits per heavy atom. The zero-order valence-corrected chi connectivity index (χ0v) is 12.4. The zero-order chi connectivity index (χ0) is 14.7. The largest absolute Gasteiger partial charge is 0.491 e. The highest BCUT2D eigenvalue weighted by molar-refractivity contribution is 5.37. The SMILES string of the molecule is Cc1c(C(NN)c2cccc(OC(C)C)c2)cnn1C. The normalized spacial score (nSPS) is 12.7. The average molecular weight is 274 g/mol. The van der Waals surface area contributed by atoms with Crippen LogP contribution in [-0.2, 0) is 7.05 Å². The Balaban J connectivity index is 2.34. The van der Waals surface area contributed by atoms with Crippen molar-refractivity contribution in [3.8, 4) is 5.75 Å². The van der Waals surface area contributed by atoms with Crippen LogP contribution in [0.15, 0.2) is 30.5 Å². The molecule has 0 saturated carbocycles. The van der Waals surface area contributed by atoms with Crippen LogP contribution in [-0.4, -0.2) is 15.9 Å². The van der Waals surface area contributed by atoms with Crippen LogP contribution in [0.25, 0.3) is 0 Å². The molecule has 0 amide bonds. The quantitative estimate of drug-likeness (QED) is 0.647. The molecule has 1 unspecified atom stereocenters. The summed E-state index contributed by atoms with van der Waals surface area (Å²) in [6, 6.07) is 7.87. The first-order valence-corrected chi connectivity index (χ1v) is 6.74. The minimum atomic E-state index is -0.0978. The molecule has 0 fully saturated rings. The van der Waals surface area contributed by atoms with Crippen LogP contribution >= 0.6 is 0 Å². The summed E-state index contributed by atoms with van der Waals surface area (Å²) in [4.78, 5) is 0. The lowest BCUT2D eigenvalue weighted by Gasteiger charge is -2.18. The zero-order valence-electron chi connectivity index (χ0n) is 12.4. The van der Waals surface area contributed by atoms with E-state index in [-0.39, 0.29) is 12.1 Å². The van der Waals surface area contributed by atoms with Gasteiger partial charge in [0.15, 0.2) is 0 Å². The number of aromatic nitrogens is 2. The molecule has 0 bridgehead atoms. The monoisotopic (exact) mass is 274 g/mol. The van der Waals surface area contributed by atoms with Crippen LogP contribution in [0, 0.1) is 6.92 Å². The lowest BCUT2D eigenvalue weighted by molar-refractivity contribution is 0.242. The number of benzene rings is 1. The Morgan fingerprint density at radius 1 is 1.35 bits per heavy atom. The summed E-state index contributed by atoms with van der Waals surface area (Å²) in [6.07, 6.45) is 1.99. The molecule has 0 aliphatic carbocycles. The molecule has 1 aromatic carbocycles. The number of ether oxygens (including phenoxy) is 1. The molecule has 108 valence electrons. The van der Waals surface area contributed by atoms with Gasteiger partial charge in [0, 0.05) is 18.3 Å². The van der Waals surface area contributed by atoms with E-state index < -0.39 is 0 Å². The molecule has 5 nitrogen and oxygen atoms in total. The van der Waals surface area contributed by atoms with E-state index >= 15 is 0 Å². The smallest absolute Gasteiger partial charge is 0.120 e. The summed E-state index contributed by atoms with van der Waals surface area (Å²) >= 11 is 0. The first-order chi connectivity index (χ1) is 9.52. The molecule has 2 rings (SSSR count). The molecule has 2 aromatic rings. The van der Waals surface area contributed by atoms with Gasteiger partial charge in [0.2, 0.25) is 0 Å². The van der Waals surface area contributed by atoms with Crippen LogP contribution < -0.4 is 16.0 Å². The molecular formula is C15H22N4O. The van der Waals surface area contributed by atoms with E-state index in [1.807, 2.05) is 63.0 Å². The fraction of sp³-hybridized carbons (Fsp3) is 0.400. The molecule has 1 atom stereocenters. The Morgan fingerprint density at radius 2 is 2.10 bits per heavy atom. The molecule has 0 aliphatic rings. The molecule has 0 aliphatic heterocycles. The maximum absolute atomic E-state index is 5.74. The summed E-state index contributed by atoms with van der Waals surface area (Å²) < 4.78 is 7.57. The Kier molecular flexibility index (Phi) is 4.42. The van der Waals surface area contributed by atoms with E-state index in [2.05, 4.69) is 10.5 Å². The highest BCUT2D eigenvalue weighted by atomic mass is 16.5. The van der Waals surface area contributed by atoms with E-state index in [0.29, 0.717) is 0 Å². The predicted octanol–water partition coefficient (Wildman–Crippen LogP) is 2.07. The van der Waals surface area contributed by atoms with Crippen molar-refractivity contribution in [2.75, 3.05) is 0 Å². The topological polar surface area (TPSA) is 65.1 Å². The first-order valence-electron chi connectivity index (χ1n) is 6.74. The number of hydrogen-bond donors (Lipinski definition) is 2. The van der Waals surface area contributed by atoms with Crippen LogP contribution in [0.4, 0.5) is 0 Å². The van der Waals surface area contributed by atoms with Crippen molar-refractivity contribution in [1.29, 1.82) is 0 Å². The number of nitrogens with one attached hydrogen (secondary N) is 1. The molecule has 1 heterocycles. The van der Waals surface area contributed by atoms with Crippen molar-refractivity contribution < 1.29 is 4.74 Å².